The molecule has 0 saturated carbocycles. The van der Waals surface area contributed by atoms with Gasteiger partial charge in [0.1, 0.15) is 5.76 Å². The van der Waals surface area contributed by atoms with Gasteiger partial charge in [0, 0.05) is 18.5 Å². The van der Waals surface area contributed by atoms with Crippen LogP contribution in [0.5, 0.6) is 0 Å². The van der Waals surface area contributed by atoms with Crippen molar-refractivity contribution in [2.45, 2.75) is 59.2 Å². The van der Waals surface area contributed by atoms with Crippen LogP contribution in [0.25, 0.3) is 0 Å². The molecule has 0 aliphatic carbocycles. The average Bonchev–Trinajstić information content (AvgIpc) is 3.15. The molecule has 0 saturated heterocycles. The van der Waals surface area contributed by atoms with Gasteiger partial charge in [-0.1, -0.05) is 12.1 Å². The lowest BCUT2D eigenvalue weighted by atomic mass is 10.1. The topological polar surface area (TPSA) is 84.4 Å². The highest BCUT2D eigenvalue weighted by Crippen LogP contribution is 2.21. The first-order chi connectivity index (χ1) is 11.5. The molecule has 130 valence electrons. The highest BCUT2D eigenvalue weighted by atomic mass is 16.5. The van der Waals surface area contributed by atoms with Crippen molar-refractivity contribution in [2.24, 2.45) is 0 Å². The van der Waals surface area contributed by atoms with Crippen LogP contribution in [0.2, 0.25) is 0 Å². The molecular weight excluding hydrogens is 308 g/mol. The summed E-state index contributed by atoms with van der Waals surface area (Å²) in [5, 5.41) is 18.3. The Labute approximate surface area is 141 Å². The molecule has 0 fully saturated rings. The smallest absolute Gasteiger partial charge is 0.223 e. The van der Waals surface area contributed by atoms with E-state index in [2.05, 4.69) is 10.3 Å². The van der Waals surface area contributed by atoms with Crippen molar-refractivity contribution in [1.82, 2.24) is 19.8 Å². The molecule has 3 heterocycles. The molecule has 0 bridgehead atoms. The fourth-order valence-electron chi connectivity index (χ4n) is 3.12. The molecule has 3 rings (SSSR count). The van der Waals surface area contributed by atoms with Crippen molar-refractivity contribution in [3.8, 4) is 0 Å². The van der Waals surface area contributed by atoms with Gasteiger partial charge in [-0.15, -0.1) is 0 Å². The number of carbonyl (C=O) groups is 1. The molecular formula is C17H24N4O3. The van der Waals surface area contributed by atoms with E-state index in [9.17, 15) is 9.90 Å². The second-order valence-corrected chi connectivity index (χ2v) is 6.33. The molecule has 7 nitrogen and oxygen atoms in total. The van der Waals surface area contributed by atoms with E-state index in [1.165, 1.54) is 0 Å². The lowest BCUT2D eigenvalue weighted by Gasteiger charge is -2.27. The largest absolute Gasteiger partial charge is 0.387 e. The number of nitrogens with zero attached hydrogens (tertiary/aromatic N) is 4. The van der Waals surface area contributed by atoms with Crippen LogP contribution in [0.15, 0.2) is 10.6 Å². The van der Waals surface area contributed by atoms with Crippen molar-refractivity contribution in [3.63, 3.8) is 0 Å². The number of aryl methyl sites for hydroxylation is 2. The molecule has 1 aliphatic rings. The van der Waals surface area contributed by atoms with Crippen molar-refractivity contribution in [1.29, 1.82) is 0 Å². The van der Waals surface area contributed by atoms with Gasteiger partial charge in [0.15, 0.2) is 0 Å². The number of hydrogen-bond donors (Lipinski definition) is 1. The van der Waals surface area contributed by atoms with E-state index in [1.807, 2.05) is 36.4 Å². The Morgan fingerprint density at radius 1 is 1.42 bits per heavy atom. The predicted octanol–water partition coefficient (Wildman–Crippen LogP) is 1.91. The molecule has 2 aromatic heterocycles. The predicted molar refractivity (Wildman–Crippen MR) is 87.2 cm³/mol. The summed E-state index contributed by atoms with van der Waals surface area (Å²) in [6.45, 7) is 7.56. The summed E-state index contributed by atoms with van der Waals surface area (Å²) >= 11 is 0. The van der Waals surface area contributed by atoms with Crippen molar-refractivity contribution >= 4 is 5.91 Å². The third-order valence-electron chi connectivity index (χ3n) is 4.67. The summed E-state index contributed by atoms with van der Waals surface area (Å²) in [5.41, 5.74) is 3.56. The number of rotatable bonds is 5. The summed E-state index contributed by atoms with van der Waals surface area (Å²) in [7, 11) is 0. The molecule has 0 aromatic carbocycles. The van der Waals surface area contributed by atoms with Crippen LogP contribution >= 0.6 is 0 Å². The lowest BCUT2D eigenvalue weighted by Crippen LogP contribution is -2.38. The van der Waals surface area contributed by atoms with Crippen LogP contribution in [0.4, 0.5) is 0 Å². The Balaban J connectivity index is 1.62. The third-order valence-corrected chi connectivity index (χ3v) is 4.67. The first-order valence-electron chi connectivity index (χ1n) is 8.43. The highest BCUT2D eigenvalue weighted by Gasteiger charge is 2.24. The fourth-order valence-corrected chi connectivity index (χ4v) is 3.12. The van der Waals surface area contributed by atoms with Crippen LogP contribution in [-0.2, 0) is 24.3 Å². The number of carbonyl (C=O) groups excluding carboxylic acids is 1. The van der Waals surface area contributed by atoms with Crippen molar-refractivity contribution in [3.05, 3.63) is 34.5 Å². The average molecular weight is 332 g/mol. The summed E-state index contributed by atoms with van der Waals surface area (Å²) < 4.78 is 7.04. The number of aliphatic hydroxyl groups excluding tert-OH is 1. The lowest BCUT2D eigenvalue weighted by molar-refractivity contribution is -0.132. The first kappa shape index (κ1) is 16.7. The van der Waals surface area contributed by atoms with Crippen molar-refractivity contribution < 1.29 is 14.4 Å². The van der Waals surface area contributed by atoms with Gasteiger partial charge < -0.3 is 14.5 Å². The summed E-state index contributed by atoms with van der Waals surface area (Å²) in [6, 6.07) is 1.90. The third kappa shape index (κ3) is 3.21. The Morgan fingerprint density at radius 3 is 2.88 bits per heavy atom. The fraction of sp³-hybridized carbons (Fsp3) is 0.588. The molecule has 1 amide bonds. The van der Waals surface area contributed by atoms with E-state index in [4.69, 9.17) is 4.52 Å². The number of amides is 1. The van der Waals surface area contributed by atoms with Crippen molar-refractivity contribution in [2.75, 3.05) is 6.54 Å². The zero-order valence-corrected chi connectivity index (χ0v) is 14.4. The zero-order chi connectivity index (χ0) is 17.3. The minimum atomic E-state index is -0.535. The number of hydrogen-bond acceptors (Lipinski definition) is 5. The van der Waals surface area contributed by atoms with E-state index in [-0.39, 0.29) is 5.91 Å². The quantitative estimate of drug-likeness (QED) is 0.904. The maximum absolute atomic E-state index is 12.5. The molecule has 1 N–H and O–H groups in total. The molecule has 0 radical (unpaired) electrons. The van der Waals surface area contributed by atoms with Gasteiger partial charge in [0.05, 0.1) is 36.3 Å². The van der Waals surface area contributed by atoms with Gasteiger partial charge in [-0.05, 0) is 32.8 Å². The van der Waals surface area contributed by atoms with Crippen LogP contribution in [-0.4, -0.2) is 37.4 Å². The minimum absolute atomic E-state index is 0.125. The summed E-state index contributed by atoms with van der Waals surface area (Å²) in [6.07, 6.45) is 1.19. The molecule has 1 atom stereocenters. The highest BCUT2D eigenvalue weighted by molar-refractivity contribution is 5.76. The standard InChI is InChI=1S/C17H24N4O3/c1-4-16(22)15-9-13-10-20(7-8-21(13)18-15)17(23)6-5-14-11(2)19-24-12(14)3/h9,16,22H,4-8,10H2,1-3H3/t16-/m1/s1. The monoisotopic (exact) mass is 332 g/mol. The van der Waals surface area contributed by atoms with E-state index >= 15 is 0 Å². The van der Waals surface area contributed by atoms with Gasteiger partial charge >= 0.3 is 0 Å². The van der Waals surface area contributed by atoms with Crippen LogP contribution in [0.3, 0.4) is 0 Å². The van der Waals surface area contributed by atoms with Crippen LogP contribution < -0.4 is 0 Å². The van der Waals surface area contributed by atoms with Gasteiger partial charge in [-0.25, -0.2) is 0 Å². The first-order valence-corrected chi connectivity index (χ1v) is 8.43. The zero-order valence-electron chi connectivity index (χ0n) is 14.4. The van der Waals surface area contributed by atoms with E-state index in [0.29, 0.717) is 44.6 Å². The second-order valence-electron chi connectivity index (χ2n) is 6.33. The molecule has 24 heavy (non-hydrogen) atoms. The van der Waals surface area contributed by atoms with Crippen LogP contribution in [0, 0.1) is 13.8 Å². The Kier molecular flexibility index (Phi) is 4.71. The number of aliphatic hydroxyl groups is 1. The van der Waals surface area contributed by atoms with E-state index in [1.54, 1.807) is 0 Å². The molecule has 2 aromatic rings. The number of aromatic nitrogens is 3. The molecule has 7 heteroatoms. The Hall–Kier alpha value is -2.15. The maximum Gasteiger partial charge on any atom is 0.223 e. The van der Waals surface area contributed by atoms with E-state index in [0.717, 1.165) is 22.7 Å². The second kappa shape index (κ2) is 6.76. The van der Waals surface area contributed by atoms with Gasteiger partial charge in [-0.2, -0.15) is 5.10 Å². The SMILES string of the molecule is CC[C@@H](O)c1cc2n(n1)CCN(C(=O)CCc1c(C)noc1C)C2. The molecule has 0 unspecified atom stereocenters. The molecule has 0 spiro atoms. The molecule has 1 aliphatic heterocycles. The Morgan fingerprint density at radius 2 is 2.21 bits per heavy atom. The van der Waals surface area contributed by atoms with Crippen LogP contribution in [0.1, 0.15) is 54.3 Å². The maximum atomic E-state index is 12.5. The van der Waals surface area contributed by atoms with Gasteiger partial charge in [0.25, 0.3) is 0 Å². The summed E-state index contributed by atoms with van der Waals surface area (Å²) in [5.74, 6) is 0.912. The Bertz CT molecular complexity index is 715. The van der Waals surface area contributed by atoms with E-state index < -0.39 is 6.10 Å². The summed E-state index contributed by atoms with van der Waals surface area (Å²) in [4.78, 5) is 14.4. The normalized spacial score (nSPS) is 15.4. The van der Waals surface area contributed by atoms with Gasteiger partial charge in [-0.3, -0.25) is 9.48 Å². The number of fused-ring (bicyclic) bond motifs is 1. The van der Waals surface area contributed by atoms with Gasteiger partial charge in [0.2, 0.25) is 5.91 Å². The minimum Gasteiger partial charge on any atom is -0.387 e.